The monoisotopic (exact) mass is 485 g/mol. The summed E-state index contributed by atoms with van der Waals surface area (Å²) in [4.78, 5) is 34.4. The fourth-order valence-corrected chi connectivity index (χ4v) is 3.07. The highest BCUT2D eigenvalue weighted by atomic mass is 79.9. The molecule has 0 bridgehead atoms. The van der Waals surface area contributed by atoms with Crippen LogP contribution in [0.4, 0.5) is 0 Å². The number of ether oxygens (including phenoxy) is 4. The van der Waals surface area contributed by atoms with Gasteiger partial charge in [-0.05, 0) is 39.8 Å². The van der Waals surface area contributed by atoms with Crippen LogP contribution in [-0.4, -0.2) is 57.2 Å². The second-order valence-electron chi connectivity index (χ2n) is 5.13. The Hall–Kier alpha value is -2.86. The van der Waals surface area contributed by atoms with Gasteiger partial charge in [-0.25, -0.2) is 9.59 Å². The maximum absolute atomic E-state index is 11.8. The van der Waals surface area contributed by atoms with Crippen LogP contribution in [0.3, 0.4) is 0 Å². The quantitative estimate of drug-likeness (QED) is 0.267. The van der Waals surface area contributed by atoms with Crippen LogP contribution >= 0.6 is 27.7 Å². The van der Waals surface area contributed by atoms with Gasteiger partial charge in [0.05, 0.1) is 32.4 Å². The Morgan fingerprint density at radius 2 is 1.97 bits per heavy atom. The van der Waals surface area contributed by atoms with Crippen LogP contribution in [0.25, 0.3) is 0 Å². The number of rotatable bonds is 7. The molecule has 1 fully saturated rings. The Morgan fingerprint density at radius 3 is 2.62 bits per heavy atom. The van der Waals surface area contributed by atoms with Crippen molar-refractivity contribution in [3.63, 3.8) is 0 Å². The minimum absolute atomic E-state index is 0.153. The van der Waals surface area contributed by atoms with Crippen molar-refractivity contribution in [1.82, 2.24) is 5.32 Å². The molecule has 0 unspecified atom stereocenters. The van der Waals surface area contributed by atoms with Crippen LogP contribution in [0.5, 0.6) is 11.5 Å². The van der Waals surface area contributed by atoms with Gasteiger partial charge in [-0.1, -0.05) is 0 Å². The highest BCUT2D eigenvalue weighted by Crippen LogP contribution is 2.33. The van der Waals surface area contributed by atoms with Gasteiger partial charge in [-0.3, -0.25) is 10.1 Å². The number of benzene rings is 1. The summed E-state index contributed by atoms with van der Waals surface area (Å²) >= 11 is 4.33. The molecule has 0 spiro atoms. The zero-order valence-electron chi connectivity index (χ0n) is 15.6. The molecule has 29 heavy (non-hydrogen) atoms. The topological polar surface area (TPSA) is 125 Å². The van der Waals surface area contributed by atoms with Gasteiger partial charge in [0.15, 0.2) is 23.3 Å². The molecule has 1 aromatic carbocycles. The summed E-state index contributed by atoms with van der Waals surface area (Å²) in [6, 6.07) is 3.24. The number of thioether (sulfide) groups is 1. The van der Waals surface area contributed by atoms with Gasteiger partial charge >= 0.3 is 11.9 Å². The highest BCUT2D eigenvalue weighted by Gasteiger charge is 2.25. The van der Waals surface area contributed by atoms with Crippen molar-refractivity contribution < 1.29 is 33.3 Å². The molecule has 10 nitrogen and oxygen atoms in total. The van der Waals surface area contributed by atoms with E-state index in [-0.39, 0.29) is 16.7 Å². The molecule has 1 heterocycles. The van der Waals surface area contributed by atoms with Crippen molar-refractivity contribution in [2.24, 2.45) is 10.2 Å². The van der Waals surface area contributed by atoms with E-state index in [1.165, 1.54) is 27.5 Å². The number of amides is 1. The number of nitrogens with zero attached hydrogens (tertiary/aromatic N) is 2. The number of carbonyl (C=O) groups excluding carboxylic acids is 3. The van der Waals surface area contributed by atoms with E-state index in [2.05, 4.69) is 40.9 Å². The standard InChI is InChI=1S/C17H16BrN3O7S/c1-25-11-4-9(10(18)5-12(11)28-8-15(23)27-3)7-19-21-17-20-16(24)13(29-17)6-14(22)26-2/h4-7H,8H2,1-3H3,(H,20,21,24)/b13-6+,19-7?. The number of hydrogen-bond acceptors (Lipinski definition) is 10. The van der Waals surface area contributed by atoms with Crippen molar-refractivity contribution in [3.8, 4) is 11.5 Å². The van der Waals surface area contributed by atoms with Crippen molar-refractivity contribution in [3.05, 3.63) is 33.2 Å². The summed E-state index contributed by atoms with van der Waals surface area (Å²) in [5.74, 6) is -0.925. The highest BCUT2D eigenvalue weighted by molar-refractivity contribution is 9.10. The Morgan fingerprint density at radius 1 is 1.21 bits per heavy atom. The Labute approximate surface area is 178 Å². The van der Waals surface area contributed by atoms with Crippen LogP contribution in [0.15, 0.2) is 37.8 Å². The number of amidine groups is 1. The third-order valence-electron chi connectivity index (χ3n) is 3.30. The number of methoxy groups -OCH3 is 3. The largest absolute Gasteiger partial charge is 0.493 e. The van der Waals surface area contributed by atoms with Crippen molar-refractivity contribution >= 4 is 56.9 Å². The lowest BCUT2D eigenvalue weighted by atomic mass is 10.2. The molecular formula is C17H16BrN3O7S. The number of halogens is 1. The first-order chi connectivity index (χ1) is 13.9. The van der Waals surface area contributed by atoms with Gasteiger partial charge in [-0.2, -0.15) is 5.10 Å². The van der Waals surface area contributed by atoms with Gasteiger partial charge in [0.25, 0.3) is 5.91 Å². The minimum atomic E-state index is -0.641. The number of esters is 2. The van der Waals surface area contributed by atoms with E-state index >= 15 is 0 Å². The molecule has 12 heteroatoms. The maximum atomic E-state index is 11.8. The molecule has 1 saturated heterocycles. The third-order valence-corrected chi connectivity index (χ3v) is 4.89. The van der Waals surface area contributed by atoms with E-state index in [0.29, 0.717) is 21.5 Å². The van der Waals surface area contributed by atoms with E-state index in [1.54, 1.807) is 12.1 Å². The van der Waals surface area contributed by atoms with Gasteiger partial charge in [-0.15, -0.1) is 5.10 Å². The Kier molecular flexibility index (Phi) is 8.21. The average Bonchev–Trinajstić information content (AvgIpc) is 3.06. The molecule has 2 rings (SSSR count). The normalized spacial score (nSPS) is 16.2. The van der Waals surface area contributed by atoms with Gasteiger partial charge in [0, 0.05) is 16.1 Å². The predicted molar refractivity (Wildman–Crippen MR) is 109 cm³/mol. The summed E-state index contributed by atoms with van der Waals surface area (Å²) in [7, 11) is 3.93. The molecule has 1 aliphatic heterocycles. The molecule has 1 N–H and O–H groups in total. The number of hydrogen-bond donors (Lipinski definition) is 1. The first-order valence-electron chi connectivity index (χ1n) is 7.85. The molecule has 1 amide bonds. The van der Waals surface area contributed by atoms with Crippen LogP contribution in [0.1, 0.15) is 5.56 Å². The summed E-state index contributed by atoms with van der Waals surface area (Å²) < 4.78 is 20.2. The van der Waals surface area contributed by atoms with Crippen LogP contribution in [-0.2, 0) is 23.9 Å². The van der Waals surface area contributed by atoms with E-state index in [0.717, 1.165) is 17.8 Å². The molecule has 0 atom stereocenters. The SMILES string of the molecule is COC(=O)/C=C1/S/C(=N\N=Cc2cc(OC)c(OCC(=O)OC)cc2Br)NC1=O. The molecular weight excluding hydrogens is 470 g/mol. The second kappa shape index (κ2) is 10.6. The lowest BCUT2D eigenvalue weighted by Crippen LogP contribution is -2.19. The molecule has 0 aromatic heterocycles. The zero-order valence-corrected chi connectivity index (χ0v) is 18.0. The summed E-state index contributed by atoms with van der Waals surface area (Å²) in [6.07, 6.45) is 2.50. The molecule has 0 aliphatic carbocycles. The number of nitrogens with one attached hydrogen (secondary N) is 1. The lowest BCUT2D eigenvalue weighted by molar-refractivity contribution is -0.143. The fourth-order valence-electron chi connectivity index (χ4n) is 1.90. The van der Waals surface area contributed by atoms with E-state index in [1.807, 2.05) is 0 Å². The van der Waals surface area contributed by atoms with Gasteiger partial charge < -0.3 is 18.9 Å². The first kappa shape index (κ1) is 22.4. The Balaban J connectivity index is 2.13. The minimum Gasteiger partial charge on any atom is -0.493 e. The van der Waals surface area contributed by atoms with Crippen LogP contribution in [0, 0.1) is 0 Å². The molecule has 0 saturated carbocycles. The maximum Gasteiger partial charge on any atom is 0.343 e. The molecule has 1 aromatic rings. The average molecular weight is 486 g/mol. The predicted octanol–water partition coefficient (Wildman–Crippen LogP) is 1.62. The van der Waals surface area contributed by atoms with Crippen molar-refractivity contribution in [2.75, 3.05) is 27.9 Å². The van der Waals surface area contributed by atoms with Gasteiger partial charge in [0.1, 0.15) is 0 Å². The van der Waals surface area contributed by atoms with Crippen molar-refractivity contribution in [1.29, 1.82) is 0 Å². The summed E-state index contributed by atoms with van der Waals surface area (Å²) in [5, 5.41) is 10.5. The zero-order chi connectivity index (χ0) is 21.4. The lowest BCUT2D eigenvalue weighted by Gasteiger charge is -2.11. The van der Waals surface area contributed by atoms with E-state index in [4.69, 9.17) is 9.47 Å². The fraction of sp³-hybridized carbons (Fsp3) is 0.235. The Bertz CT molecular complexity index is 915. The van der Waals surface area contributed by atoms with E-state index < -0.39 is 17.8 Å². The van der Waals surface area contributed by atoms with Crippen LogP contribution < -0.4 is 14.8 Å². The summed E-state index contributed by atoms with van der Waals surface area (Å²) in [5.41, 5.74) is 0.608. The molecule has 154 valence electrons. The van der Waals surface area contributed by atoms with Crippen LogP contribution in [0.2, 0.25) is 0 Å². The smallest absolute Gasteiger partial charge is 0.343 e. The molecule has 0 radical (unpaired) electrons. The number of carbonyl (C=O) groups is 3. The molecule has 1 aliphatic rings. The second-order valence-corrected chi connectivity index (χ2v) is 7.01. The third kappa shape index (κ3) is 6.32. The van der Waals surface area contributed by atoms with Gasteiger partial charge in [0.2, 0.25) is 0 Å². The first-order valence-corrected chi connectivity index (χ1v) is 9.46. The van der Waals surface area contributed by atoms with Crippen molar-refractivity contribution in [2.45, 2.75) is 0 Å². The summed E-state index contributed by atoms with van der Waals surface area (Å²) in [6.45, 7) is -0.265. The van der Waals surface area contributed by atoms with E-state index in [9.17, 15) is 14.4 Å².